The number of carbonyl (C=O) groups excluding carboxylic acids is 2. The molecule has 2 fully saturated rings. The second-order valence-electron chi connectivity index (χ2n) is 6.60. The molecule has 5 nitrogen and oxygen atoms in total. The average Bonchev–Trinajstić information content (AvgIpc) is 2.97. The van der Waals surface area contributed by atoms with Crippen molar-refractivity contribution in [3.8, 4) is 0 Å². The van der Waals surface area contributed by atoms with E-state index in [1.54, 1.807) is 12.1 Å². The molecule has 2 aromatic rings. The monoisotopic (exact) mass is 353 g/mol. The maximum Gasteiger partial charge on any atom is 0.251 e. The molecule has 2 heterocycles. The number of carbonyl (C=O) groups is 2. The van der Waals surface area contributed by atoms with Crippen LogP contribution in [0.2, 0.25) is 0 Å². The quantitative estimate of drug-likeness (QED) is 0.794. The van der Waals surface area contributed by atoms with Crippen LogP contribution in [0.25, 0.3) is 0 Å². The van der Waals surface area contributed by atoms with Gasteiger partial charge >= 0.3 is 0 Å². The van der Waals surface area contributed by atoms with Crippen LogP contribution in [0.3, 0.4) is 0 Å². The molecule has 2 aromatic carbocycles. The largest absolute Gasteiger partial charge is 0.369 e. The van der Waals surface area contributed by atoms with E-state index in [4.69, 9.17) is 0 Å². The molecule has 1 atom stereocenters. The Balaban J connectivity index is 1.46. The first-order valence-electron chi connectivity index (χ1n) is 8.80. The van der Waals surface area contributed by atoms with Gasteiger partial charge in [-0.15, -0.1) is 0 Å². The standard InChI is InChI=1S/C20H20FN3O2/c21-16-8-4-5-9-17(16)24-19(25)14-18(20(24)26)23-12-10-22(11-13-23)15-6-2-1-3-7-15/h1-9,18H,10-14H2/t18-/m1/s1. The van der Waals surface area contributed by atoms with Gasteiger partial charge < -0.3 is 4.90 Å². The van der Waals surface area contributed by atoms with Crippen LogP contribution >= 0.6 is 0 Å². The summed E-state index contributed by atoms with van der Waals surface area (Å²) in [4.78, 5) is 30.5. The predicted octanol–water partition coefficient (Wildman–Crippen LogP) is 2.28. The SMILES string of the molecule is O=C1C[C@@H](N2CCN(c3ccccc3)CC2)C(=O)N1c1ccccc1F. The number of para-hydroxylation sites is 2. The maximum atomic E-state index is 14.0. The molecule has 2 saturated heterocycles. The highest BCUT2D eigenvalue weighted by atomic mass is 19.1. The molecule has 2 aliphatic rings. The number of piperazine rings is 1. The lowest BCUT2D eigenvalue weighted by atomic mass is 10.1. The van der Waals surface area contributed by atoms with Crippen molar-refractivity contribution in [2.45, 2.75) is 12.5 Å². The van der Waals surface area contributed by atoms with Gasteiger partial charge in [0.25, 0.3) is 5.91 Å². The molecule has 0 radical (unpaired) electrons. The number of halogens is 1. The van der Waals surface area contributed by atoms with Gasteiger partial charge in [0.15, 0.2) is 0 Å². The number of anilines is 2. The number of rotatable bonds is 3. The van der Waals surface area contributed by atoms with Crippen LogP contribution in [0.15, 0.2) is 54.6 Å². The fourth-order valence-electron chi connectivity index (χ4n) is 3.72. The summed E-state index contributed by atoms with van der Waals surface area (Å²) >= 11 is 0. The summed E-state index contributed by atoms with van der Waals surface area (Å²) in [5, 5.41) is 0. The zero-order valence-electron chi connectivity index (χ0n) is 14.3. The van der Waals surface area contributed by atoms with Crippen molar-refractivity contribution in [1.82, 2.24) is 4.90 Å². The molecule has 6 heteroatoms. The van der Waals surface area contributed by atoms with Crippen LogP contribution in [0, 0.1) is 5.82 Å². The van der Waals surface area contributed by atoms with Gasteiger partial charge in [-0.3, -0.25) is 14.5 Å². The summed E-state index contributed by atoms with van der Waals surface area (Å²) < 4.78 is 14.0. The third-order valence-electron chi connectivity index (χ3n) is 5.09. The Bertz CT molecular complexity index is 819. The molecule has 26 heavy (non-hydrogen) atoms. The van der Waals surface area contributed by atoms with Gasteiger partial charge in [0.2, 0.25) is 5.91 Å². The lowest BCUT2D eigenvalue weighted by molar-refractivity contribution is -0.123. The fourth-order valence-corrected chi connectivity index (χ4v) is 3.72. The summed E-state index contributed by atoms with van der Waals surface area (Å²) in [5.74, 6) is -1.22. The molecular weight excluding hydrogens is 333 g/mol. The van der Waals surface area contributed by atoms with Crippen LogP contribution in [-0.4, -0.2) is 48.9 Å². The summed E-state index contributed by atoms with van der Waals surface area (Å²) in [5.41, 5.74) is 1.21. The van der Waals surface area contributed by atoms with Crippen molar-refractivity contribution in [2.24, 2.45) is 0 Å². The molecular formula is C20H20FN3O2. The Morgan fingerprint density at radius 2 is 1.50 bits per heavy atom. The molecule has 4 rings (SSSR count). The molecule has 2 aliphatic heterocycles. The first-order valence-corrected chi connectivity index (χ1v) is 8.80. The van der Waals surface area contributed by atoms with Gasteiger partial charge in [-0.25, -0.2) is 9.29 Å². The van der Waals surface area contributed by atoms with Gasteiger partial charge in [-0.05, 0) is 24.3 Å². The Hall–Kier alpha value is -2.73. The van der Waals surface area contributed by atoms with Crippen molar-refractivity contribution in [1.29, 1.82) is 0 Å². The van der Waals surface area contributed by atoms with E-state index in [-0.39, 0.29) is 23.9 Å². The molecule has 0 unspecified atom stereocenters. The number of hydrogen-bond donors (Lipinski definition) is 0. The number of amides is 2. The van der Waals surface area contributed by atoms with E-state index in [0.29, 0.717) is 13.1 Å². The second-order valence-corrected chi connectivity index (χ2v) is 6.60. The average molecular weight is 353 g/mol. The van der Waals surface area contributed by atoms with Crippen LogP contribution in [0.5, 0.6) is 0 Å². The molecule has 0 spiro atoms. The highest BCUT2D eigenvalue weighted by Crippen LogP contribution is 2.28. The minimum atomic E-state index is -0.552. The molecule has 2 amide bonds. The Kier molecular flexibility index (Phi) is 4.42. The van der Waals surface area contributed by atoms with E-state index < -0.39 is 11.9 Å². The normalized spacial score (nSPS) is 21.5. The van der Waals surface area contributed by atoms with Gasteiger partial charge in [-0.1, -0.05) is 30.3 Å². The number of nitrogens with zero attached hydrogens (tertiary/aromatic N) is 3. The Morgan fingerprint density at radius 3 is 2.19 bits per heavy atom. The van der Waals surface area contributed by atoms with Crippen LogP contribution in [0.4, 0.5) is 15.8 Å². The van der Waals surface area contributed by atoms with Crippen LogP contribution < -0.4 is 9.80 Å². The van der Waals surface area contributed by atoms with Crippen molar-refractivity contribution >= 4 is 23.2 Å². The molecule has 0 saturated carbocycles. The van der Waals surface area contributed by atoms with Crippen LogP contribution in [0.1, 0.15) is 6.42 Å². The van der Waals surface area contributed by atoms with E-state index in [1.165, 1.54) is 12.1 Å². The zero-order valence-corrected chi connectivity index (χ0v) is 14.3. The Labute approximate surface area is 151 Å². The molecule has 0 N–H and O–H groups in total. The summed E-state index contributed by atoms with van der Waals surface area (Å²) in [6.07, 6.45) is 0.110. The van der Waals surface area contributed by atoms with E-state index in [9.17, 15) is 14.0 Å². The second kappa shape index (κ2) is 6.88. The summed E-state index contributed by atoms with van der Waals surface area (Å²) in [6, 6.07) is 15.6. The smallest absolute Gasteiger partial charge is 0.251 e. The molecule has 0 aliphatic carbocycles. The third-order valence-corrected chi connectivity index (χ3v) is 5.09. The lowest BCUT2D eigenvalue weighted by Crippen LogP contribution is -2.52. The molecule has 0 aromatic heterocycles. The van der Waals surface area contributed by atoms with E-state index >= 15 is 0 Å². The minimum Gasteiger partial charge on any atom is -0.369 e. The van der Waals surface area contributed by atoms with E-state index in [0.717, 1.165) is 23.7 Å². The highest BCUT2D eigenvalue weighted by molar-refractivity contribution is 6.22. The number of benzene rings is 2. The lowest BCUT2D eigenvalue weighted by Gasteiger charge is -2.38. The van der Waals surface area contributed by atoms with Gasteiger partial charge in [0.1, 0.15) is 5.82 Å². The first-order chi connectivity index (χ1) is 12.6. The van der Waals surface area contributed by atoms with Crippen molar-refractivity contribution in [2.75, 3.05) is 36.0 Å². The van der Waals surface area contributed by atoms with E-state index in [1.807, 2.05) is 23.1 Å². The summed E-state index contributed by atoms with van der Waals surface area (Å²) in [6.45, 7) is 2.98. The third kappa shape index (κ3) is 2.97. The van der Waals surface area contributed by atoms with Crippen molar-refractivity contribution in [3.05, 3.63) is 60.4 Å². The maximum absolute atomic E-state index is 14.0. The Morgan fingerprint density at radius 1 is 0.846 bits per heavy atom. The van der Waals surface area contributed by atoms with Crippen molar-refractivity contribution in [3.63, 3.8) is 0 Å². The highest BCUT2D eigenvalue weighted by Gasteiger charge is 2.44. The predicted molar refractivity (Wildman–Crippen MR) is 97.5 cm³/mol. The molecule has 134 valence electrons. The number of hydrogen-bond acceptors (Lipinski definition) is 4. The summed E-state index contributed by atoms with van der Waals surface area (Å²) in [7, 11) is 0. The fraction of sp³-hybridized carbons (Fsp3) is 0.300. The van der Waals surface area contributed by atoms with Crippen LogP contribution in [-0.2, 0) is 9.59 Å². The van der Waals surface area contributed by atoms with E-state index in [2.05, 4.69) is 17.0 Å². The van der Waals surface area contributed by atoms with Crippen molar-refractivity contribution < 1.29 is 14.0 Å². The molecule has 0 bridgehead atoms. The van der Waals surface area contributed by atoms with Gasteiger partial charge in [0, 0.05) is 31.9 Å². The first kappa shape index (κ1) is 16.7. The zero-order chi connectivity index (χ0) is 18.1. The topological polar surface area (TPSA) is 43.9 Å². The van der Waals surface area contributed by atoms with Gasteiger partial charge in [-0.2, -0.15) is 0 Å². The minimum absolute atomic E-state index is 0.0490. The van der Waals surface area contributed by atoms with Gasteiger partial charge in [0.05, 0.1) is 18.2 Å². The number of imide groups is 1.